The first-order chi connectivity index (χ1) is 7.70. The van der Waals surface area contributed by atoms with Crippen LogP contribution in [0.15, 0.2) is 29.8 Å². The van der Waals surface area contributed by atoms with Crippen molar-refractivity contribution in [2.24, 2.45) is 10.9 Å². The molecule has 3 N–H and O–H groups in total. The van der Waals surface area contributed by atoms with Gasteiger partial charge >= 0.3 is 0 Å². The van der Waals surface area contributed by atoms with Crippen molar-refractivity contribution < 1.29 is 9.60 Å². The fourth-order valence-corrected chi connectivity index (χ4v) is 1.04. The smallest absolute Gasteiger partial charge is 0.220 e. The molecule has 0 saturated carbocycles. The minimum absolute atomic E-state index is 0.0635. The van der Waals surface area contributed by atoms with Crippen LogP contribution in [0.2, 0.25) is 0 Å². The zero-order valence-electron chi connectivity index (χ0n) is 7.95. The summed E-state index contributed by atoms with van der Waals surface area (Å²) in [4.78, 5) is 7.58. The van der Waals surface area contributed by atoms with Crippen molar-refractivity contribution in [3.05, 3.63) is 36.3 Å². The third-order valence-corrected chi connectivity index (χ3v) is 1.78. The number of nitrogens with zero attached hydrogens (tertiary/aromatic N) is 5. The Labute approximate surface area is 89.0 Å². The molecule has 0 saturated heterocycles. The number of pyridine rings is 1. The van der Waals surface area contributed by atoms with Gasteiger partial charge in [0, 0.05) is 0 Å². The summed E-state index contributed by atoms with van der Waals surface area (Å²) in [7, 11) is 0. The molecule has 7 nitrogen and oxygen atoms in total. The van der Waals surface area contributed by atoms with Crippen molar-refractivity contribution in [3.63, 3.8) is 0 Å². The first-order valence-corrected chi connectivity index (χ1v) is 4.22. The van der Waals surface area contributed by atoms with Gasteiger partial charge in [0.25, 0.3) is 0 Å². The second-order valence-electron chi connectivity index (χ2n) is 2.83. The fraction of sp³-hybridized carbons (Fsp3) is 0. The Balaban J connectivity index is 2.35. The Morgan fingerprint density at radius 3 is 2.88 bits per heavy atom. The summed E-state index contributed by atoms with van der Waals surface area (Å²) in [6, 6.07) is 2.67. The predicted molar refractivity (Wildman–Crippen MR) is 51.6 cm³/mol. The Kier molecular flexibility index (Phi) is 2.46. The Hall–Kier alpha value is -2.51. The van der Waals surface area contributed by atoms with E-state index < -0.39 is 5.82 Å². The monoisotopic (exact) mass is 222 g/mol. The van der Waals surface area contributed by atoms with E-state index in [0.717, 1.165) is 6.20 Å². The van der Waals surface area contributed by atoms with Crippen LogP contribution in [0, 0.1) is 5.82 Å². The first kappa shape index (κ1) is 10.0. The van der Waals surface area contributed by atoms with Crippen LogP contribution < -0.4 is 5.73 Å². The lowest BCUT2D eigenvalue weighted by Crippen LogP contribution is -2.15. The molecule has 0 atom stereocenters. The van der Waals surface area contributed by atoms with Gasteiger partial charge in [-0.2, -0.15) is 0 Å². The van der Waals surface area contributed by atoms with E-state index in [0.29, 0.717) is 5.82 Å². The summed E-state index contributed by atoms with van der Waals surface area (Å²) in [5.41, 5.74) is 5.29. The van der Waals surface area contributed by atoms with Crippen molar-refractivity contribution in [1.29, 1.82) is 0 Å². The van der Waals surface area contributed by atoms with Gasteiger partial charge < -0.3 is 10.9 Å². The highest BCUT2D eigenvalue weighted by atomic mass is 19.1. The lowest BCUT2D eigenvalue weighted by atomic mass is 10.4. The molecule has 2 aromatic heterocycles. The fourth-order valence-electron chi connectivity index (χ4n) is 1.04. The number of amidine groups is 1. The number of aromatic nitrogens is 4. The molecule has 0 aliphatic heterocycles. The molecule has 2 aromatic rings. The van der Waals surface area contributed by atoms with Crippen LogP contribution in [0.25, 0.3) is 5.82 Å². The van der Waals surface area contributed by atoms with Crippen LogP contribution in [0.1, 0.15) is 5.82 Å². The van der Waals surface area contributed by atoms with Gasteiger partial charge in [0.15, 0.2) is 5.82 Å². The Morgan fingerprint density at radius 1 is 1.44 bits per heavy atom. The summed E-state index contributed by atoms with van der Waals surface area (Å²) >= 11 is 0. The molecule has 0 aliphatic carbocycles. The largest absolute Gasteiger partial charge is 0.409 e. The summed E-state index contributed by atoms with van der Waals surface area (Å²) in [6.45, 7) is 0. The summed E-state index contributed by atoms with van der Waals surface area (Å²) < 4.78 is 13.9. The second-order valence-corrected chi connectivity index (χ2v) is 2.83. The van der Waals surface area contributed by atoms with E-state index in [-0.39, 0.29) is 11.7 Å². The lowest BCUT2D eigenvalue weighted by molar-refractivity contribution is 0.318. The third kappa shape index (κ3) is 1.80. The number of oxime groups is 1. The van der Waals surface area contributed by atoms with Crippen molar-refractivity contribution in [1.82, 2.24) is 19.7 Å². The standard InChI is InChI=1S/C8H7FN6O/c9-5-1-2-6(11-3-5)15-4-12-8(13-15)7(10)14-16/h1-4,16H,(H2,10,14). The number of nitrogens with two attached hydrogens (primary N) is 1. The normalized spacial score (nSPS) is 11.7. The number of rotatable bonds is 2. The molecular weight excluding hydrogens is 215 g/mol. The van der Waals surface area contributed by atoms with Crippen LogP contribution in [-0.4, -0.2) is 30.8 Å². The van der Waals surface area contributed by atoms with Gasteiger partial charge in [-0.3, -0.25) is 0 Å². The lowest BCUT2D eigenvalue weighted by Gasteiger charge is -1.97. The predicted octanol–water partition coefficient (Wildman–Crippen LogP) is -0.104. The first-order valence-electron chi connectivity index (χ1n) is 4.22. The second kappa shape index (κ2) is 3.93. The highest BCUT2D eigenvalue weighted by Crippen LogP contribution is 2.03. The van der Waals surface area contributed by atoms with E-state index >= 15 is 0 Å². The van der Waals surface area contributed by atoms with Gasteiger partial charge in [0.05, 0.1) is 6.20 Å². The quantitative estimate of drug-likeness (QED) is 0.319. The van der Waals surface area contributed by atoms with Crippen molar-refractivity contribution in [2.45, 2.75) is 0 Å². The maximum Gasteiger partial charge on any atom is 0.220 e. The molecule has 0 fully saturated rings. The highest BCUT2D eigenvalue weighted by molar-refractivity contribution is 5.93. The molecule has 0 amide bonds. The zero-order chi connectivity index (χ0) is 11.5. The van der Waals surface area contributed by atoms with Gasteiger partial charge in [-0.15, -0.1) is 5.10 Å². The summed E-state index contributed by atoms with van der Waals surface area (Å²) in [6.07, 6.45) is 2.38. The van der Waals surface area contributed by atoms with Crippen LogP contribution in [0.5, 0.6) is 0 Å². The van der Waals surface area contributed by atoms with Crippen molar-refractivity contribution >= 4 is 5.84 Å². The summed E-state index contributed by atoms with van der Waals surface area (Å²) in [5, 5.41) is 15.1. The van der Waals surface area contributed by atoms with E-state index in [9.17, 15) is 4.39 Å². The maximum atomic E-state index is 12.6. The topological polar surface area (TPSA) is 102 Å². The molecule has 0 radical (unpaired) electrons. The van der Waals surface area contributed by atoms with Crippen molar-refractivity contribution in [2.75, 3.05) is 0 Å². The minimum Gasteiger partial charge on any atom is -0.409 e. The van der Waals surface area contributed by atoms with Gasteiger partial charge in [0.1, 0.15) is 12.1 Å². The molecule has 2 heterocycles. The molecule has 8 heteroatoms. The molecule has 2 rings (SSSR count). The van der Waals surface area contributed by atoms with E-state index in [4.69, 9.17) is 10.9 Å². The van der Waals surface area contributed by atoms with Crippen LogP contribution >= 0.6 is 0 Å². The maximum absolute atomic E-state index is 12.6. The van der Waals surface area contributed by atoms with Crippen molar-refractivity contribution in [3.8, 4) is 5.82 Å². The average molecular weight is 222 g/mol. The molecule has 0 spiro atoms. The van der Waals surface area contributed by atoms with Gasteiger partial charge in [-0.1, -0.05) is 5.16 Å². The molecule has 0 bridgehead atoms. The molecule has 0 aromatic carbocycles. The Bertz CT molecular complexity index is 520. The molecule has 0 aliphatic rings. The minimum atomic E-state index is -0.444. The molecule has 16 heavy (non-hydrogen) atoms. The highest BCUT2D eigenvalue weighted by Gasteiger charge is 2.07. The Morgan fingerprint density at radius 2 is 2.25 bits per heavy atom. The van der Waals surface area contributed by atoms with Crippen LogP contribution in [0.4, 0.5) is 4.39 Å². The van der Waals surface area contributed by atoms with E-state index in [1.54, 1.807) is 0 Å². The van der Waals surface area contributed by atoms with Crippen LogP contribution in [-0.2, 0) is 0 Å². The number of hydrogen-bond donors (Lipinski definition) is 2. The summed E-state index contributed by atoms with van der Waals surface area (Å²) in [5.74, 6) is -0.208. The van der Waals surface area contributed by atoms with Crippen LogP contribution in [0.3, 0.4) is 0 Å². The SMILES string of the molecule is NC(=NO)c1ncn(-c2ccc(F)cn2)n1. The van der Waals surface area contributed by atoms with Gasteiger partial charge in [-0.25, -0.2) is 19.0 Å². The van der Waals surface area contributed by atoms with E-state index in [1.807, 2.05) is 0 Å². The van der Waals surface area contributed by atoms with E-state index in [1.165, 1.54) is 23.1 Å². The number of halogens is 1. The molecule has 0 unspecified atom stereocenters. The third-order valence-electron chi connectivity index (χ3n) is 1.78. The number of hydrogen-bond acceptors (Lipinski definition) is 5. The van der Waals surface area contributed by atoms with Gasteiger partial charge in [-0.05, 0) is 12.1 Å². The zero-order valence-corrected chi connectivity index (χ0v) is 7.95. The van der Waals surface area contributed by atoms with Gasteiger partial charge in [0.2, 0.25) is 11.7 Å². The molecular formula is C8H7FN6O. The average Bonchev–Trinajstić information content (AvgIpc) is 2.78. The van der Waals surface area contributed by atoms with E-state index in [2.05, 4.69) is 20.2 Å². The molecule has 82 valence electrons.